The number of benzene rings is 5. The number of nitrogen functional groups attached to an aromatic ring is 1. The second-order valence-electron chi connectivity index (χ2n) is 6.74. The molecule has 1 nitrogen and oxygen atoms in total. The Hall–Kier alpha value is -3.06. The molecule has 2 N–H and O–H groups in total. The molecule has 0 atom stereocenters. The van der Waals surface area contributed by atoms with Gasteiger partial charge in [-0.3, -0.25) is 0 Å². The number of aryl methyl sites for hydroxylation is 1. The molecule has 0 heterocycles. The normalized spacial score (nSPS) is 11.7. The summed E-state index contributed by atoms with van der Waals surface area (Å²) in [7, 11) is 0. The van der Waals surface area contributed by atoms with Crippen molar-refractivity contribution in [3.05, 3.63) is 78.4 Å². The summed E-state index contributed by atoms with van der Waals surface area (Å²) in [5.41, 5.74) is 10.8. The minimum Gasteiger partial charge on any atom is -0.399 e. The molecule has 0 aromatic heterocycles. The molecule has 5 aromatic carbocycles. The lowest BCUT2D eigenvalue weighted by molar-refractivity contribution is 1.14. The maximum absolute atomic E-state index is 6.11. The molecule has 120 valence electrons. The first kappa shape index (κ1) is 14.3. The van der Waals surface area contributed by atoms with Crippen molar-refractivity contribution in [1.82, 2.24) is 0 Å². The Labute approximate surface area is 147 Å². The Bertz CT molecular complexity index is 1220. The lowest BCUT2D eigenvalue weighted by atomic mass is 9.88. The smallest absolute Gasteiger partial charge is 0.0320 e. The van der Waals surface area contributed by atoms with Crippen LogP contribution in [0.2, 0.25) is 0 Å². The van der Waals surface area contributed by atoms with Crippen LogP contribution < -0.4 is 5.73 Å². The predicted molar refractivity (Wildman–Crippen MR) is 109 cm³/mol. The standard InChI is InChI=1S/C24H19N/c1-2-15-8-11-19(25)14-22(15)20-12-9-18-7-6-16-4-3-5-17-10-13-21(20)24(18)23(16)17/h3-14H,2,25H2,1H3. The average molecular weight is 321 g/mol. The zero-order chi connectivity index (χ0) is 17.0. The van der Waals surface area contributed by atoms with Crippen LogP contribution in [-0.2, 0) is 6.42 Å². The first-order valence-electron chi connectivity index (χ1n) is 8.81. The van der Waals surface area contributed by atoms with E-state index in [1.54, 1.807) is 0 Å². The van der Waals surface area contributed by atoms with E-state index in [1.165, 1.54) is 49.0 Å². The van der Waals surface area contributed by atoms with Crippen LogP contribution in [0.25, 0.3) is 43.4 Å². The zero-order valence-electron chi connectivity index (χ0n) is 14.2. The Morgan fingerprint density at radius 1 is 0.680 bits per heavy atom. The van der Waals surface area contributed by atoms with E-state index < -0.39 is 0 Å². The molecule has 0 spiro atoms. The highest BCUT2D eigenvalue weighted by molar-refractivity contribution is 6.25. The van der Waals surface area contributed by atoms with Crippen LogP contribution in [0.5, 0.6) is 0 Å². The van der Waals surface area contributed by atoms with Gasteiger partial charge < -0.3 is 5.73 Å². The summed E-state index contributed by atoms with van der Waals surface area (Å²) in [6.45, 7) is 2.20. The summed E-state index contributed by atoms with van der Waals surface area (Å²) < 4.78 is 0. The molecule has 0 aliphatic heterocycles. The third-order valence-corrected chi connectivity index (χ3v) is 5.33. The van der Waals surface area contributed by atoms with Crippen LogP contribution in [0.4, 0.5) is 5.69 Å². The highest BCUT2D eigenvalue weighted by Crippen LogP contribution is 2.40. The van der Waals surface area contributed by atoms with Gasteiger partial charge in [-0.05, 0) is 67.6 Å². The maximum Gasteiger partial charge on any atom is 0.0320 e. The van der Waals surface area contributed by atoms with Crippen LogP contribution in [0.3, 0.4) is 0 Å². The fourth-order valence-electron chi connectivity index (χ4n) is 4.12. The van der Waals surface area contributed by atoms with E-state index >= 15 is 0 Å². The van der Waals surface area contributed by atoms with Crippen LogP contribution in [-0.4, -0.2) is 0 Å². The monoisotopic (exact) mass is 321 g/mol. The first-order chi connectivity index (χ1) is 12.3. The van der Waals surface area contributed by atoms with Crippen molar-refractivity contribution in [2.24, 2.45) is 0 Å². The molecule has 5 rings (SSSR count). The number of rotatable bonds is 2. The summed E-state index contributed by atoms with van der Waals surface area (Å²) in [6, 6.07) is 26.3. The van der Waals surface area contributed by atoms with Crippen LogP contribution >= 0.6 is 0 Å². The second-order valence-corrected chi connectivity index (χ2v) is 6.74. The highest BCUT2D eigenvalue weighted by Gasteiger charge is 2.13. The summed E-state index contributed by atoms with van der Waals surface area (Å²) in [5.74, 6) is 0. The van der Waals surface area contributed by atoms with Crippen molar-refractivity contribution >= 4 is 38.0 Å². The van der Waals surface area contributed by atoms with Gasteiger partial charge in [0.05, 0.1) is 0 Å². The van der Waals surface area contributed by atoms with Crippen molar-refractivity contribution in [3.8, 4) is 11.1 Å². The van der Waals surface area contributed by atoms with Crippen molar-refractivity contribution in [2.45, 2.75) is 13.3 Å². The van der Waals surface area contributed by atoms with E-state index in [2.05, 4.69) is 73.7 Å². The van der Waals surface area contributed by atoms with E-state index in [-0.39, 0.29) is 0 Å². The quantitative estimate of drug-likeness (QED) is 0.295. The van der Waals surface area contributed by atoms with Crippen molar-refractivity contribution in [3.63, 3.8) is 0 Å². The predicted octanol–water partition coefficient (Wildman–Crippen LogP) is 6.40. The average Bonchev–Trinajstić information content (AvgIpc) is 2.66. The van der Waals surface area contributed by atoms with E-state index in [9.17, 15) is 0 Å². The Morgan fingerprint density at radius 3 is 2.12 bits per heavy atom. The largest absolute Gasteiger partial charge is 0.399 e. The molecule has 0 aliphatic rings. The fraction of sp³-hybridized carbons (Fsp3) is 0.0833. The van der Waals surface area contributed by atoms with E-state index in [4.69, 9.17) is 5.73 Å². The fourth-order valence-corrected chi connectivity index (χ4v) is 4.12. The van der Waals surface area contributed by atoms with Gasteiger partial charge in [0.2, 0.25) is 0 Å². The van der Waals surface area contributed by atoms with E-state index in [0.29, 0.717) is 0 Å². The summed E-state index contributed by atoms with van der Waals surface area (Å²) in [5, 5.41) is 7.93. The SMILES string of the molecule is CCc1ccc(N)cc1-c1ccc2ccc3cccc4ccc1c2c34. The molecule has 0 saturated heterocycles. The molecule has 0 bridgehead atoms. The first-order valence-corrected chi connectivity index (χ1v) is 8.81. The van der Waals surface area contributed by atoms with Gasteiger partial charge >= 0.3 is 0 Å². The molecule has 0 radical (unpaired) electrons. The number of nitrogens with two attached hydrogens (primary N) is 1. The number of anilines is 1. The molecular weight excluding hydrogens is 302 g/mol. The zero-order valence-corrected chi connectivity index (χ0v) is 14.2. The molecular formula is C24H19N. The molecule has 0 fully saturated rings. The Morgan fingerprint density at radius 2 is 1.36 bits per heavy atom. The van der Waals surface area contributed by atoms with E-state index in [1.807, 2.05) is 6.07 Å². The summed E-state index contributed by atoms with van der Waals surface area (Å²) >= 11 is 0. The Kier molecular flexibility index (Phi) is 2.98. The molecule has 1 heteroatoms. The van der Waals surface area contributed by atoms with Crippen LogP contribution in [0.15, 0.2) is 72.8 Å². The minimum absolute atomic E-state index is 0.817. The molecule has 5 aromatic rings. The maximum atomic E-state index is 6.11. The van der Waals surface area contributed by atoms with Gasteiger partial charge in [-0.1, -0.05) is 67.6 Å². The van der Waals surface area contributed by atoms with Crippen molar-refractivity contribution in [2.75, 3.05) is 5.73 Å². The molecule has 0 aliphatic carbocycles. The Balaban J connectivity index is 1.97. The highest BCUT2D eigenvalue weighted by atomic mass is 14.5. The summed E-state index contributed by atoms with van der Waals surface area (Å²) in [4.78, 5) is 0. The van der Waals surface area contributed by atoms with Crippen LogP contribution in [0.1, 0.15) is 12.5 Å². The molecule has 25 heavy (non-hydrogen) atoms. The third-order valence-electron chi connectivity index (χ3n) is 5.33. The topological polar surface area (TPSA) is 26.0 Å². The van der Waals surface area contributed by atoms with Gasteiger partial charge in [0.15, 0.2) is 0 Å². The lowest BCUT2D eigenvalue weighted by Crippen LogP contribution is -1.93. The number of hydrogen-bond donors (Lipinski definition) is 1. The van der Waals surface area contributed by atoms with Gasteiger partial charge in [-0.2, -0.15) is 0 Å². The molecule has 0 amide bonds. The third kappa shape index (κ3) is 2.02. The van der Waals surface area contributed by atoms with Crippen molar-refractivity contribution < 1.29 is 0 Å². The second kappa shape index (κ2) is 5.22. The van der Waals surface area contributed by atoms with Crippen LogP contribution in [0, 0.1) is 0 Å². The van der Waals surface area contributed by atoms with Gasteiger partial charge in [-0.15, -0.1) is 0 Å². The minimum atomic E-state index is 0.817. The molecule has 0 saturated carbocycles. The van der Waals surface area contributed by atoms with E-state index in [0.717, 1.165) is 12.1 Å². The van der Waals surface area contributed by atoms with Gasteiger partial charge in [0, 0.05) is 5.69 Å². The van der Waals surface area contributed by atoms with Gasteiger partial charge in [-0.25, -0.2) is 0 Å². The lowest BCUT2D eigenvalue weighted by Gasteiger charge is -2.16. The van der Waals surface area contributed by atoms with Gasteiger partial charge in [0.1, 0.15) is 0 Å². The summed E-state index contributed by atoms with van der Waals surface area (Å²) in [6.07, 6.45) is 0.998. The van der Waals surface area contributed by atoms with Gasteiger partial charge in [0.25, 0.3) is 0 Å². The number of hydrogen-bond acceptors (Lipinski definition) is 1. The molecule has 0 unspecified atom stereocenters. The van der Waals surface area contributed by atoms with Crippen molar-refractivity contribution in [1.29, 1.82) is 0 Å².